The normalized spacial score (nSPS) is 49.2. The second kappa shape index (κ2) is 3.68. The van der Waals surface area contributed by atoms with Gasteiger partial charge in [0.25, 0.3) is 0 Å². The van der Waals surface area contributed by atoms with Crippen molar-refractivity contribution in [3.05, 3.63) is 0 Å². The molecule has 1 saturated heterocycles. The van der Waals surface area contributed by atoms with Crippen molar-refractivity contribution < 1.29 is 19.7 Å². The maximum Gasteiger partial charge on any atom is 0.172 e. The summed E-state index contributed by atoms with van der Waals surface area (Å²) in [5.74, 6) is 0. The van der Waals surface area contributed by atoms with Crippen molar-refractivity contribution in [3.8, 4) is 0 Å². The van der Waals surface area contributed by atoms with Gasteiger partial charge in [-0.25, -0.2) is 0 Å². The molecule has 0 saturated carbocycles. The number of ether oxygens (including phenoxy) is 2. The van der Waals surface area contributed by atoms with Crippen molar-refractivity contribution in [2.45, 2.75) is 37.6 Å². The Kier molecular flexibility index (Phi) is 3.03. The van der Waals surface area contributed by atoms with Crippen LogP contribution in [0.15, 0.2) is 0 Å². The Hall–Kier alpha value is -0.200. The highest BCUT2D eigenvalue weighted by molar-refractivity contribution is 4.90. The summed E-state index contributed by atoms with van der Waals surface area (Å²) in [6.07, 6.45) is -2.87. The predicted molar refractivity (Wildman–Crippen MR) is 41.3 cm³/mol. The van der Waals surface area contributed by atoms with Crippen LogP contribution in [-0.4, -0.2) is 48.0 Å². The molecule has 1 aliphatic heterocycles. The van der Waals surface area contributed by atoms with Gasteiger partial charge in [-0.1, -0.05) is 0 Å². The maximum absolute atomic E-state index is 9.48. The molecule has 5 nitrogen and oxygen atoms in total. The van der Waals surface area contributed by atoms with E-state index in [4.69, 9.17) is 15.2 Å². The van der Waals surface area contributed by atoms with Gasteiger partial charge in [-0.15, -0.1) is 0 Å². The summed E-state index contributed by atoms with van der Waals surface area (Å²) in [7, 11) is 1.44. The third-order valence-electron chi connectivity index (χ3n) is 2.15. The van der Waals surface area contributed by atoms with E-state index in [-0.39, 0.29) is 0 Å². The van der Waals surface area contributed by atoms with Crippen molar-refractivity contribution in [2.24, 2.45) is 5.73 Å². The van der Waals surface area contributed by atoms with Gasteiger partial charge in [0.2, 0.25) is 0 Å². The topological polar surface area (TPSA) is 84.9 Å². The van der Waals surface area contributed by atoms with E-state index in [9.17, 15) is 10.2 Å². The summed E-state index contributed by atoms with van der Waals surface area (Å²) in [5.41, 5.74) is 5.53. The summed E-state index contributed by atoms with van der Waals surface area (Å²) in [6.45, 7) is 1.66. The molecule has 1 unspecified atom stereocenters. The highest BCUT2D eigenvalue weighted by Gasteiger charge is 2.40. The molecule has 1 aliphatic rings. The summed E-state index contributed by atoms with van der Waals surface area (Å²) < 4.78 is 9.88. The molecule has 0 aromatic carbocycles. The molecular weight excluding hydrogens is 162 g/mol. The van der Waals surface area contributed by atoms with E-state index in [0.29, 0.717) is 0 Å². The van der Waals surface area contributed by atoms with Crippen molar-refractivity contribution >= 4 is 0 Å². The molecule has 0 bridgehead atoms. The molecule has 1 heterocycles. The molecule has 1 fully saturated rings. The molecular formula is C7H15NO4. The van der Waals surface area contributed by atoms with Gasteiger partial charge in [0.15, 0.2) is 6.29 Å². The summed E-state index contributed by atoms with van der Waals surface area (Å²) in [6, 6.07) is -0.693. The third kappa shape index (κ3) is 1.60. The molecule has 72 valence electrons. The lowest BCUT2D eigenvalue weighted by atomic mass is 9.98. The van der Waals surface area contributed by atoms with Crippen molar-refractivity contribution in [1.29, 1.82) is 0 Å². The SMILES string of the molecule is CO[C@H]1[C@@H](O)[C@@H](C)OC(O)[C@@H]1N. The lowest BCUT2D eigenvalue weighted by Crippen LogP contribution is -2.60. The fraction of sp³-hybridized carbons (Fsp3) is 1.00. The van der Waals surface area contributed by atoms with Crippen LogP contribution < -0.4 is 5.73 Å². The fourth-order valence-corrected chi connectivity index (χ4v) is 1.34. The number of aliphatic hydroxyl groups is 2. The largest absolute Gasteiger partial charge is 0.388 e. The number of aliphatic hydroxyl groups excluding tert-OH is 2. The van der Waals surface area contributed by atoms with Gasteiger partial charge in [0.05, 0.1) is 12.1 Å². The van der Waals surface area contributed by atoms with Gasteiger partial charge in [-0.3, -0.25) is 0 Å². The van der Waals surface area contributed by atoms with Gasteiger partial charge in [0, 0.05) is 7.11 Å². The highest BCUT2D eigenvalue weighted by Crippen LogP contribution is 2.19. The maximum atomic E-state index is 9.48. The van der Waals surface area contributed by atoms with Crippen LogP contribution in [0.2, 0.25) is 0 Å². The molecule has 0 amide bonds. The van der Waals surface area contributed by atoms with Gasteiger partial charge in [-0.2, -0.15) is 0 Å². The van der Waals surface area contributed by atoms with E-state index >= 15 is 0 Å². The first-order chi connectivity index (χ1) is 5.57. The average Bonchev–Trinajstić information content (AvgIpc) is 2.02. The Morgan fingerprint density at radius 3 is 2.50 bits per heavy atom. The van der Waals surface area contributed by atoms with Crippen LogP contribution in [0.25, 0.3) is 0 Å². The highest BCUT2D eigenvalue weighted by atomic mass is 16.6. The van der Waals surface area contributed by atoms with Crippen LogP contribution in [0, 0.1) is 0 Å². The Bertz CT molecular complexity index is 140. The number of hydrogen-bond acceptors (Lipinski definition) is 5. The second-order valence-electron chi connectivity index (χ2n) is 3.00. The van der Waals surface area contributed by atoms with E-state index in [2.05, 4.69) is 0 Å². The van der Waals surface area contributed by atoms with Crippen LogP contribution in [-0.2, 0) is 9.47 Å². The molecule has 12 heavy (non-hydrogen) atoms. The van der Waals surface area contributed by atoms with Crippen molar-refractivity contribution in [1.82, 2.24) is 0 Å². The Balaban J connectivity index is 2.67. The fourth-order valence-electron chi connectivity index (χ4n) is 1.34. The second-order valence-corrected chi connectivity index (χ2v) is 3.00. The molecule has 1 rings (SSSR count). The van der Waals surface area contributed by atoms with E-state index in [0.717, 1.165) is 0 Å². The molecule has 5 atom stereocenters. The molecule has 0 radical (unpaired) electrons. The van der Waals surface area contributed by atoms with Crippen molar-refractivity contribution in [2.75, 3.05) is 7.11 Å². The van der Waals surface area contributed by atoms with E-state index in [1.807, 2.05) is 0 Å². The number of rotatable bonds is 1. The minimum absolute atomic E-state index is 0.454. The quantitative estimate of drug-likeness (QED) is 0.450. The van der Waals surface area contributed by atoms with Gasteiger partial charge in [0.1, 0.15) is 12.2 Å². The minimum atomic E-state index is -1.06. The molecule has 4 N–H and O–H groups in total. The van der Waals surface area contributed by atoms with E-state index in [1.165, 1.54) is 7.11 Å². The first-order valence-electron chi connectivity index (χ1n) is 3.88. The van der Waals surface area contributed by atoms with Crippen molar-refractivity contribution in [3.63, 3.8) is 0 Å². The number of methoxy groups -OCH3 is 1. The average molecular weight is 177 g/mol. The molecule has 0 aromatic rings. The van der Waals surface area contributed by atoms with Crippen LogP contribution in [0.1, 0.15) is 6.92 Å². The first kappa shape index (κ1) is 9.88. The summed E-state index contributed by atoms with van der Waals surface area (Å²) >= 11 is 0. The Labute approximate surface area is 71.1 Å². The zero-order valence-corrected chi connectivity index (χ0v) is 7.18. The monoisotopic (exact) mass is 177 g/mol. The number of hydrogen-bond donors (Lipinski definition) is 3. The molecule has 0 spiro atoms. The molecule has 0 aromatic heterocycles. The smallest absolute Gasteiger partial charge is 0.172 e. The van der Waals surface area contributed by atoms with Crippen LogP contribution >= 0.6 is 0 Å². The van der Waals surface area contributed by atoms with Crippen LogP contribution in [0.4, 0.5) is 0 Å². The summed E-state index contributed by atoms with van der Waals surface area (Å²) in [5, 5.41) is 18.7. The lowest BCUT2D eigenvalue weighted by Gasteiger charge is -2.39. The Morgan fingerprint density at radius 1 is 1.42 bits per heavy atom. The van der Waals surface area contributed by atoms with Crippen LogP contribution in [0.3, 0.4) is 0 Å². The third-order valence-corrected chi connectivity index (χ3v) is 2.15. The minimum Gasteiger partial charge on any atom is -0.388 e. The standard InChI is InChI=1S/C7H15NO4/c1-3-5(9)6(11-2)4(8)7(10)12-3/h3-7,9-10H,8H2,1-2H3/t3-,4-,5+,6-,7?/m1/s1. The van der Waals surface area contributed by atoms with Crippen LogP contribution in [0.5, 0.6) is 0 Å². The van der Waals surface area contributed by atoms with Gasteiger partial charge < -0.3 is 25.4 Å². The Morgan fingerprint density at radius 2 is 2.00 bits per heavy atom. The number of nitrogens with two attached hydrogens (primary N) is 1. The lowest BCUT2D eigenvalue weighted by molar-refractivity contribution is -0.241. The zero-order valence-electron chi connectivity index (χ0n) is 7.18. The molecule has 0 aliphatic carbocycles. The first-order valence-corrected chi connectivity index (χ1v) is 3.88. The molecule has 5 heteroatoms. The van der Waals surface area contributed by atoms with E-state index in [1.54, 1.807) is 6.92 Å². The van der Waals surface area contributed by atoms with Gasteiger partial charge >= 0.3 is 0 Å². The zero-order chi connectivity index (χ0) is 9.30. The van der Waals surface area contributed by atoms with Gasteiger partial charge in [-0.05, 0) is 6.92 Å². The summed E-state index contributed by atoms with van der Waals surface area (Å²) in [4.78, 5) is 0. The predicted octanol–water partition coefficient (Wildman–Crippen LogP) is -1.57. The van der Waals surface area contributed by atoms with E-state index < -0.39 is 30.6 Å².